The number of hydrogen-bond donors (Lipinski definition) is 1. The van der Waals surface area contributed by atoms with Crippen LogP contribution in [-0.4, -0.2) is 33.5 Å². The number of aryl methyl sites for hydroxylation is 1. The van der Waals surface area contributed by atoms with Gasteiger partial charge in [0.1, 0.15) is 5.75 Å². The van der Waals surface area contributed by atoms with Gasteiger partial charge in [0.25, 0.3) is 0 Å². The van der Waals surface area contributed by atoms with Crippen LogP contribution in [0, 0.1) is 6.92 Å². The molecule has 0 amide bonds. The van der Waals surface area contributed by atoms with Gasteiger partial charge in [0.15, 0.2) is 0 Å². The van der Waals surface area contributed by atoms with E-state index in [4.69, 9.17) is 4.74 Å². The van der Waals surface area contributed by atoms with Gasteiger partial charge in [-0.25, -0.2) is 0 Å². The van der Waals surface area contributed by atoms with Crippen LogP contribution in [0.2, 0.25) is 0 Å². The van der Waals surface area contributed by atoms with Crippen LogP contribution in [0.15, 0.2) is 23.2 Å². The van der Waals surface area contributed by atoms with Crippen LogP contribution < -0.4 is 10.1 Å². The second-order valence-corrected chi connectivity index (χ2v) is 3.37. The Labute approximate surface area is 91.2 Å². The topological polar surface area (TPSA) is 33.6 Å². The van der Waals surface area contributed by atoms with Crippen LogP contribution in [0.3, 0.4) is 0 Å². The second kappa shape index (κ2) is 6.19. The molecule has 0 aromatic heterocycles. The van der Waals surface area contributed by atoms with E-state index in [-0.39, 0.29) is 0 Å². The van der Waals surface area contributed by atoms with Gasteiger partial charge in [-0.15, -0.1) is 0 Å². The van der Waals surface area contributed by atoms with E-state index < -0.39 is 0 Å². The zero-order valence-corrected chi connectivity index (χ0v) is 9.58. The lowest BCUT2D eigenvalue weighted by atomic mass is 10.1. The first-order chi connectivity index (χ1) is 7.27. The maximum atomic E-state index is 5.24. The van der Waals surface area contributed by atoms with Crippen molar-refractivity contribution in [3.05, 3.63) is 29.3 Å². The number of hydrogen-bond acceptors (Lipinski definition) is 3. The second-order valence-electron chi connectivity index (χ2n) is 3.37. The molecule has 0 radical (unpaired) electrons. The van der Waals surface area contributed by atoms with Crippen molar-refractivity contribution in [1.29, 1.82) is 0 Å². The van der Waals surface area contributed by atoms with Crippen molar-refractivity contribution >= 4 is 6.21 Å². The van der Waals surface area contributed by atoms with E-state index in [1.165, 1.54) is 0 Å². The Hall–Kier alpha value is -1.35. The van der Waals surface area contributed by atoms with Gasteiger partial charge in [0, 0.05) is 12.8 Å². The molecule has 0 fully saturated rings. The first kappa shape index (κ1) is 11.7. The van der Waals surface area contributed by atoms with Gasteiger partial charge in [-0.1, -0.05) is 12.1 Å². The fourth-order valence-electron chi connectivity index (χ4n) is 1.26. The minimum Gasteiger partial charge on any atom is -0.496 e. The van der Waals surface area contributed by atoms with Crippen LogP contribution in [0.5, 0.6) is 5.75 Å². The molecular weight excluding hydrogens is 188 g/mol. The summed E-state index contributed by atoms with van der Waals surface area (Å²) in [7, 11) is 3.61. The molecule has 0 aliphatic rings. The molecule has 1 aromatic carbocycles. The van der Waals surface area contributed by atoms with E-state index in [0.717, 1.165) is 30.0 Å². The average Bonchev–Trinajstić information content (AvgIpc) is 2.26. The normalized spacial score (nSPS) is 10.9. The average molecular weight is 206 g/mol. The lowest BCUT2D eigenvalue weighted by Gasteiger charge is -2.04. The highest BCUT2D eigenvalue weighted by atomic mass is 16.5. The summed E-state index contributed by atoms with van der Waals surface area (Å²) in [6, 6.07) is 6.08. The fourth-order valence-corrected chi connectivity index (χ4v) is 1.26. The van der Waals surface area contributed by atoms with Gasteiger partial charge in [-0.2, -0.15) is 0 Å². The van der Waals surface area contributed by atoms with Gasteiger partial charge >= 0.3 is 0 Å². The molecule has 0 atom stereocenters. The van der Waals surface area contributed by atoms with Crippen molar-refractivity contribution in [2.75, 3.05) is 27.2 Å². The van der Waals surface area contributed by atoms with Crippen molar-refractivity contribution in [2.24, 2.45) is 4.99 Å². The number of nitrogens with zero attached hydrogens (tertiary/aromatic N) is 1. The third-order valence-corrected chi connectivity index (χ3v) is 2.16. The number of rotatable bonds is 5. The highest BCUT2D eigenvalue weighted by Crippen LogP contribution is 2.17. The van der Waals surface area contributed by atoms with Gasteiger partial charge in [-0.05, 0) is 31.2 Å². The van der Waals surface area contributed by atoms with E-state index in [9.17, 15) is 0 Å². The lowest BCUT2D eigenvalue weighted by molar-refractivity contribution is 0.411. The van der Waals surface area contributed by atoms with Crippen molar-refractivity contribution in [1.82, 2.24) is 5.32 Å². The zero-order valence-electron chi connectivity index (χ0n) is 9.58. The summed E-state index contributed by atoms with van der Waals surface area (Å²) >= 11 is 0. The summed E-state index contributed by atoms with van der Waals surface area (Å²) in [6.07, 6.45) is 1.87. The highest BCUT2D eigenvalue weighted by molar-refractivity contribution is 5.80. The van der Waals surface area contributed by atoms with Crippen LogP contribution in [0.4, 0.5) is 0 Å². The van der Waals surface area contributed by atoms with E-state index >= 15 is 0 Å². The number of aliphatic imine (C=N–C) groups is 1. The molecule has 15 heavy (non-hydrogen) atoms. The molecule has 1 aromatic rings. The largest absolute Gasteiger partial charge is 0.496 e. The Morgan fingerprint density at radius 3 is 2.93 bits per heavy atom. The molecule has 0 aliphatic carbocycles. The number of methoxy groups -OCH3 is 1. The summed E-state index contributed by atoms with van der Waals surface area (Å²) in [5.74, 6) is 0.910. The van der Waals surface area contributed by atoms with Gasteiger partial charge in [0.2, 0.25) is 0 Å². The first-order valence-electron chi connectivity index (χ1n) is 5.07. The highest BCUT2D eigenvalue weighted by Gasteiger charge is 1.97. The maximum absolute atomic E-state index is 5.24. The maximum Gasteiger partial charge on any atom is 0.122 e. The number of benzene rings is 1. The molecule has 0 saturated heterocycles. The third-order valence-electron chi connectivity index (χ3n) is 2.16. The number of nitrogens with one attached hydrogen (secondary N) is 1. The monoisotopic (exact) mass is 206 g/mol. The van der Waals surface area contributed by atoms with Crippen LogP contribution in [-0.2, 0) is 0 Å². The van der Waals surface area contributed by atoms with Crippen LogP contribution in [0.1, 0.15) is 11.1 Å². The predicted molar refractivity (Wildman–Crippen MR) is 64.1 cm³/mol. The van der Waals surface area contributed by atoms with E-state index in [1.54, 1.807) is 7.11 Å². The quantitative estimate of drug-likeness (QED) is 0.587. The minimum atomic E-state index is 0.798. The predicted octanol–water partition coefficient (Wildman–Crippen LogP) is 1.64. The molecular formula is C12H18N2O. The molecule has 0 saturated carbocycles. The molecule has 3 heteroatoms. The van der Waals surface area contributed by atoms with Crippen molar-refractivity contribution in [2.45, 2.75) is 6.92 Å². The van der Waals surface area contributed by atoms with Gasteiger partial charge in [0.05, 0.1) is 13.7 Å². The Kier molecular flexibility index (Phi) is 4.84. The number of ether oxygens (including phenoxy) is 1. The summed E-state index contributed by atoms with van der Waals surface area (Å²) in [5, 5.41) is 3.05. The van der Waals surface area contributed by atoms with Gasteiger partial charge in [-0.3, -0.25) is 4.99 Å². The van der Waals surface area contributed by atoms with E-state index in [0.29, 0.717) is 0 Å². The van der Waals surface area contributed by atoms with E-state index in [1.807, 2.05) is 38.4 Å². The van der Waals surface area contributed by atoms with Crippen LogP contribution in [0.25, 0.3) is 0 Å². The van der Waals surface area contributed by atoms with Crippen molar-refractivity contribution in [3.8, 4) is 5.75 Å². The van der Waals surface area contributed by atoms with Crippen molar-refractivity contribution in [3.63, 3.8) is 0 Å². The summed E-state index contributed by atoms with van der Waals surface area (Å²) < 4.78 is 5.24. The summed E-state index contributed by atoms with van der Waals surface area (Å²) in [4.78, 5) is 4.29. The Balaban J connectivity index is 2.65. The Morgan fingerprint density at radius 2 is 2.27 bits per heavy atom. The molecule has 0 heterocycles. The molecule has 0 spiro atoms. The molecule has 0 unspecified atom stereocenters. The summed E-state index contributed by atoms with van der Waals surface area (Å²) in [5.41, 5.74) is 2.22. The molecule has 1 rings (SSSR count). The fraction of sp³-hybridized carbons (Fsp3) is 0.417. The van der Waals surface area contributed by atoms with Crippen LogP contribution >= 0.6 is 0 Å². The van der Waals surface area contributed by atoms with Gasteiger partial charge < -0.3 is 10.1 Å². The SMILES string of the molecule is CNCC/N=C/c1ccc(C)c(OC)c1. The first-order valence-corrected chi connectivity index (χ1v) is 5.07. The summed E-state index contributed by atoms with van der Waals surface area (Å²) in [6.45, 7) is 3.73. The van der Waals surface area contributed by atoms with Crippen molar-refractivity contribution < 1.29 is 4.74 Å². The van der Waals surface area contributed by atoms with E-state index in [2.05, 4.69) is 10.3 Å². The number of likely N-dealkylation sites (N-methyl/N-ethyl adjacent to an activating group) is 1. The minimum absolute atomic E-state index is 0.798. The molecule has 1 N–H and O–H groups in total. The Bertz CT molecular complexity index is 334. The molecule has 82 valence electrons. The zero-order chi connectivity index (χ0) is 11.1. The molecule has 3 nitrogen and oxygen atoms in total. The smallest absolute Gasteiger partial charge is 0.122 e. The lowest BCUT2D eigenvalue weighted by Crippen LogP contribution is -2.10. The standard InChI is InChI=1S/C12H18N2O/c1-10-4-5-11(8-12(10)15-3)9-14-7-6-13-2/h4-5,8-9,13H,6-7H2,1-3H3/b14-9+. The third kappa shape index (κ3) is 3.72. The molecule has 0 aliphatic heterocycles. The molecule has 0 bridgehead atoms. The Morgan fingerprint density at radius 1 is 1.47 bits per heavy atom.